The molecule has 3 heteroatoms. The number of benzene rings is 3. The second-order valence-electron chi connectivity index (χ2n) is 7.81. The van der Waals surface area contributed by atoms with Crippen molar-refractivity contribution in [3.63, 3.8) is 0 Å². The van der Waals surface area contributed by atoms with Crippen LogP contribution in [0.4, 0.5) is 5.69 Å². The van der Waals surface area contributed by atoms with Gasteiger partial charge in [-0.05, 0) is 47.2 Å². The Hall–Kier alpha value is -2.94. The van der Waals surface area contributed by atoms with E-state index in [0.717, 1.165) is 29.2 Å². The van der Waals surface area contributed by atoms with E-state index in [1.807, 2.05) is 42.5 Å². The maximum atomic E-state index is 5.99. The van der Waals surface area contributed by atoms with Gasteiger partial charge in [0.25, 0.3) is 0 Å². The van der Waals surface area contributed by atoms with E-state index in [4.69, 9.17) is 9.47 Å². The number of hydrogen-bond donors (Lipinski definition) is 1. The van der Waals surface area contributed by atoms with Gasteiger partial charge in [-0.1, -0.05) is 75.4 Å². The van der Waals surface area contributed by atoms with Crippen LogP contribution in [0.25, 0.3) is 0 Å². The number of anilines is 1. The van der Waals surface area contributed by atoms with E-state index in [0.29, 0.717) is 19.8 Å². The van der Waals surface area contributed by atoms with Crippen molar-refractivity contribution in [2.75, 3.05) is 18.5 Å². The topological polar surface area (TPSA) is 30.5 Å². The zero-order chi connectivity index (χ0) is 20.5. The smallest absolute Gasteiger partial charge is 0.142 e. The minimum absolute atomic E-state index is 0.198. The number of ether oxygens (including phenoxy) is 2. The normalized spacial score (nSPS) is 11.1. The standard InChI is InChI=1S/C26H31NO2/c1-4-26(2,3)22-14-16-23(17-15-22)28-19-18-27-24-12-8-9-13-25(24)29-20-21-10-6-5-7-11-21/h5-17,27H,4,18-20H2,1-3H3. The molecule has 0 aliphatic rings. The molecule has 0 aliphatic carbocycles. The summed E-state index contributed by atoms with van der Waals surface area (Å²) in [5, 5.41) is 3.41. The van der Waals surface area contributed by atoms with Gasteiger partial charge in [0.05, 0.1) is 5.69 Å². The van der Waals surface area contributed by atoms with Crippen molar-refractivity contribution < 1.29 is 9.47 Å². The fourth-order valence-electron chi connectivity index (χ4n) is 3.03. The minimum Gasteiger partial charge on any atom is -0.492 e. The second kappa shape index (κ2) is 10.0. The molecule has 0 saturated heterocycles. The van der Waals surface area contributed by atoms with Crippen molar-refractivity contribution in [3.05, 3.63) is 90.0 Å². The first-order chi connectivity index (χ1) is 14.1. The second-order valence-corrected chi connectivity index (χ2v) is 7.81. The minimum atomic E-state index is 0.198. The number of nitrogens with one attached hydrogen (secondary N) is 1. The van der Waals surface area contributed by atoms with Crippen LogP contribution in [-0.2, 0) is 12.0 Å². The lowest BCUT2D eigenvalue weighted by Crippen LogP contribution is -2.15. The van der Waals surface area contributed by atoms with E-state index in [1.54, 1.807) is 0 Å². The molecule has 3 nitrogen and oxygen atoms in total. The summed E-state index contributed by atoms with van der Waals surface area (Å²) in [7, 11) is 0. The van der Waals surface area contributed by atoms with Gasteiger partial charge >= 0.3 is 0 Å². The molecule has 0 spiro atoms. The molecule has 0 fully saturated rings. The van der Waals surface area contributed by atoms with Crippen molar-refractivity contribution in [1.29, 1.82) is 0 Å². The molecule has 0 aromatic heterocycles. The maximum absolute atomic E-state index is 5.99. The van der Waals surface area contributed by atoms with Crippen LogP contribution in [0.5, 0.6) is 11.5 Å². The monoisotopic (exact) mass is 389 g/mol. The van der Waals surface area contributed by atoms with Crippen LogP contribution < -0.4 is 14.8 Å². The van der Waals surface area contributed by atoms with E-state index in [-0.39, 0.29) is 5.41 Å². The van der Waals surface area contributed by atoms with E-state index in [1.165, 1.54) is 5.56 Å². The van der Waals surface area contributed by atoms with Gasteiger partial charge in [0.15, 0.2) is 0 Å². The molecule has 0 bridgehead atoms. The lowest BCUT2D eigenvalue weighted by molar-refractivity contribution is 0.306. The summed E-state index contributed by atoms with van der Waals surface area (Å²) in [6, 6.07) is 26.7. The molecule has 0 unspecified atom stereocenters. The van der Waals surface area contributed by atoms with Gasteiger partial charge in [-0.15, -0.1) is 0 Å². The number of hydrogen-bond acceptors (Lipinski definition) is 3. The molecule has 0 heterocycles. The molecule has 29 heavy (non-hydrogen) atoms. The lowest BCUT2D eigenvalue weighted by Gasteiger charge is -2.23. The van der Waals surface area contributed by atoms with Gasteiger partial charge in [-0.25, -0.2) is 0 Å². The third-order valence-electron chi connectivity index (χ3n) is 5.33. The Labute approximate surface area is 174 Å². The van der Waals surface area contributed by atoms with Gasteiger partial charge in [-0.3, -0.25) is 0 Å². The van der Waals surface area contributed by atoms with Crippen LogP contribution in [0.1, 0.15) is 38.3 Å². The summed E-state index contributed by atoms with van der Waals surface area (Å²) in [4.78, 5) is 0. The van der Waals surface area contributed by atoms with Crippen molar-refractivity contribution in [1.82, 2.24) is 0 Å². The lowest BCUT2D eigenvalue weighted by atomic mass is 9.82. The Morgan fingerprint density at radius 2 is 1.48 bits per heavy atom. The van der Waals surface area contributed by atoms with Gasteiger partial charge in [0, 0.05) is 6.54 Å². The average Bonchev–Trinajstić information content (AvgIpc) is 2.77. The fraction of sp³-hybridized carbons (Fsp3) is 0.308. The molecule has 3 aromatic carbocycles. The molecule has 3 aromatic rings. The van der Waals surface area contributed by atoms with Gasteiger partial charge in [0.2, 0.25) is 0 Å². The highest BCUT2D eigenvalue weighted by Crippen LogP contribution is 2.28. The van der Waals surface area contributed by atoms with Gasteiger partial charge in [-0.2, -0.15) is 0 Å². The Morgan fingerprint density at radius 1 is 0.793 bits per heavy atom. The van der Waals surface area contributed by atoms with Crippen molar-refractivity contribution >= 4 is 5.69 Å². The van der Waals surface area contributed by atoms with Gasteiger partial charge in [0.1, 0.15) is 24.7 Å². The molecule has 1 N–H and O–H groups in total. The molecule has 3 rings (SSSR count). The number of rotatable bonds is 10. The predicted molar refractivity (Wildman–Crippen MR) is 121 cm³/mol. The first kappa shape index (κ1) is 20.8. The molecule has 152 valence electrons. The Kier molecular flexibility index (Phi) is 7.18. The quantitative estimate of drug-likeness (QED) is 0.405. The molecule has 0 aliphatic heterocycles. The first-order valence-corrected chi connectivity index (χ1v) is 10.3. The molecule has 0 amide bonds. The third-order valence-corrected chi connectivity index (χ3v) is 5.33. The van der Waals surface area contributed by atoms with E-state index in [9.17, 15) is 0 Å². The summed E-state index contributed by atoms with van der Waals surface area (Å²) in [5.74, 6) is 1.75. The Balaban J connectivity index is 1.48. The highest BCUT2D eigenvalue weighted by Gasteiger charge is 2.17. The molecular weight excluding hydrogens is 358 g/mol. The fourth-order valence-corrected chi connectivity index (χ4v) is 3.03. The van der Waals surface area contributed by atoms with Crippen molar-refractivity contribution in [2.24, 2.45) is 0 Å². The molecule has 0 saturated carbocycles. The van der Waals surface area contributed by atoms with Crippen LogP contribution in [-0.4, -0.2) is 13.2 Å². The van der Waals surface area contributed by atoms with Crippen LogP contribution in [0.2, 0.25) is 0 Å². The summed E-state index contributed by atoms with van der Waals surface area (Å²) in [5.41, 5.74) is 3.67. The van der Waals surface area contributed by atoms with E-state index < -0.39 is 0 Å². The van der Waals surface area contributed by atoms with Crippen molar-refractivity contribution in [2.45, 2.75) is 39.2 Å². The summed E-state index contributed by atoms with van der Waals surface area (Å²) < 4.78 is 11.9. The van der Waals surface area contributed by atoms with Crippen molar-refractivity contribution in [3.8, 4) is 11.5 Å². The summed E-state index contributed by atoms with van der Waals surface area (Å²) in [6.45, 7) is 8.60. The zero-order valence-electron chi connectivity index (χ0n) is 17.7. The highest BCUT2D eigenvalue weighted by atomic mass is 16.5. The van der Waals surface area contributed by atoms with Crippen LogP contribution in [0.15, 0.2) is 78.9 Å². The summed E-state index contributed by atoms with van der Waals surface area (Å²) >= 11 is 0. The Bertz CT molecular complexity index is 873. The molecule has 0 atom stereocenters. The number of para-hydroxylation sites is 2. The SMILES string of the molecule is CCC(C)(C)c1ccc(OCCNc2ccccc2OCc2ccccc2)cc1. The highest BCUT2D eigenvalue weighted by molar-refractivity contribution is 5.56. The molecule has 0 radical (unpaired) electrons. The third kappa shape index (κ3) is 6.02. The van der Waals surface area contributed by atoms with Crippen LogP contribution in [0, 0.1) is 0 Å². The zero-order valence-corrected chi connectivity index (χ0v) is 17.7. The maximum Gasteiger partial charge on any atom is 0.142 e. The largest absolute Gasteiger partial charge is 0.492 e. The van der Waals surface area contributed by atoms with Gasteiger partial charge < -0.3 is 14.8 Å². The van der Waals surface area contributed by atoms with E-state index >= 15 is 0 Å². The van der Waals surface area contributed by atoms with Crippen LogP contribution in [0.3, 0.4) is 0 Å². The Morgan fingerprint density at radius 3 is 2.21 bits per heavy atom. The predicted octanol–water partition coefficient (Wildman–Crippen LogP) is 6.44. The average molecular weight is 390 g/mol. The first-order valence-electron chi connectivity index (χ1n) is 10.3. The van der Waals surface area contributed by atoms with E-state index in [2.05, 4.69) is 62.5 Å². The molecular formula is C26H31NO2. The summed E-state index contributed by atoms with van der Waals surface area (Å²) in [6.07, 6.45) is 1.11. The van der Waals surface area contributed by atoms with Crippen LogP contribution >= 0.6 is 0 Å².